The fourth-order valence-electron chi connectivity index (χ4n) is 1.43. The third-order valence-electron chi connectivity index (χ3n) is 2.25. The molecule has 0 saturated heterocycles. The molecule has 8 heteroatoms. The van der Waals surface area contributed by atoms with E-state index in [0.717, 1.165) is 12.1 Å². The molecule has 1 heterocycles. The summed E-state index contributed by atoms with van der Waals surface area (Å²) in [5.74, 6) is -2.68. The number of carboxylic acids is 1. The van der Waals surface area contributed by atoms with Gasteiger partial charge >= 0.3 is 5.97 Å². The Morgan fingerprint density at radius 3 is 2.84 bits per heavy atom. The zero-order valence-corrected chi connectivity index (χ0v) is 9.58. The molecule has 0 bridgehead atoms. The van der Waals surface area contributed by atoms with E-state index in [1.165, 1.54) is 23.4 Å². The van der Waals surface area contributed by atoms with Gasteiger partial charge < -0.3 is 10.4 Å². The van der Waals surface area contributed by atoms with Crippen molar-refractivity contribution in [3.05, 3.63) is 42.2 Å². The first-order valence-electron chi connectivity index (χ1n) is 5.21. The molecule has 1 aromatic heterocycles. The number of carbonyl (C=O) groups is 2. The number of rotatable bonds is 4. The Hall–Kier alpha value is -2.77. The molecule has 0 unspecified atom stereocenters. The molecule has 0 spiro atoms. The smallest absolute Gasteiger partial charge is 0.338 e. The number of carboxylic acid groups (broad SMARTS) is 1. The van der Waals surface area contributed by atoms with Crippen LogP contribution in [0.5, 0.6) is 0 Å². The van der Waals surface area contributed by atoms with Crippen LogP contribution in [0.25, 0.3) is 0 Å². The highest BCUT2D eigenvalue weighted by Crippen LogP contribution is 2.14. The van der Waals surface area contributed by atoms with Gasteiger partial charge in [0, 0.05) is 5.69 Å². The number of hydrogen-bond acceptors (Lipinski definition) is 4. The van der Waals surface area contributed by atoms with Crippen LogP contribution >= 0.6 is 0 Å². The van der Waals surface area contributed by atoms with Gasteiger partial charge in [-0.25, -0.2) is 18.9 Å². The SMILES string of the molecule is O=C(Cn1cncn1)Nc1ccc(F)c(C(=O)O)c1. The molecule has 0 aliphatic carbocycles. The van der Waals surface area contributed by atoms with E-state index in [9.17, 15) is 14.0 Å². The van der Waals surface area contributed by atoms with E-state index in [1.807, 2.05) is 0 Å². The molecule has 2 rings (SSSR count). The van der Waals surface area contributed by atoms with Crippen molar-refractivity contribution in [3.63, 3.8) is 0 Å². The lowest BCUT2D eigenvalue weighted by atomic mass is 10.2. The van der Waals surface area contributed by atoms with Crippen LogP contribution in [0.2, 0.25) is 0 Å². The molecular formula is C11H9FN4O3. The molecule has 19 heavy (non-hydrogen) atoms. The predicted molar refractivity (Wildman–Crippen MR) is 62.0 cm³/mol. The second-order valence-corrected chi connectivity index (χ2v) is 3.64. The van der Waals surface area contributed by atoms with Gasteiger partial charge in [-0.2, -0.15) is 5.10 Å². The van der Waals surface area contributed by atoms with E-state index in [-0.39, 0.29) is 12.2 Å². The topological polar surface area (TPSA) is 97.1 Å². The number of nitrogens with one attached hydrogen (secondary N) is 1. The number of hydrogen-bond donors (Lipinski definition) is 2. The Morgan fingerprint density at radius 2 is 2.21 bits per heavy atom. The Labute approximate surface area is 106 Å². The largest absolute Gasteiger partial charge is 0.478 e. The molecule has 2 aromatic rings. The van der Waals surface area contributed by atoms with Gasteiger partial charge in [-0.3, -0.25) is 4.79 Å². The Kier molecular flexibility index (Phi) is 3.51. The second kappa shape index (κ2) is 5.25. The molecule has 7 nitrogen and oxygen atoms in total. The van der Waals surface area contributed by atoms with Crippen LogP contribution in [0.3, 0.4) is 0 Å². The fraction of sp³-hybridized carbons (Fsp3) is 0.0909. The van der Waals surface area contributed by atoms with Crippen molar-refractivity contribution >= 4 is 17.6 Å². The van der Waals surface area contributed by atoms with Crippen LogP contribution in [0.4, 0.5) is 10.1 Å². The minimum absolute atomic E-state index is 0.0697. The number of aromatic carboxylic acids is 1. The van der Waals surface area contributed by atoms with Crippen LogP contribution in [0.1, 0.15) is 10.4 Å². The standard InChI is InChI=1S/C11H9FN4O3/c12-9-2-1-7(3-8(9)11(18)19)15-10(17)4-16-6-13-5-14-16/h1-3,5-6H,4H2,(H,15,17)(H,18,19). The molecule has 0 radical (unpaired) electrons. The zero-order valence-electron chi connectivity index (χ0n) is 9.58. The highest BCUT2D eigenvalue weighted by molar-refractivity contribution is 5.93. The Bertz CT molecular complexity index is 612. The molecule has 98 valence electrons. The maximum atomic E-state index is 13.1. The number of aromatic nitrogens is 3. The third-order valence-corrected chi connectivity index (χ3v) is 2.25. The number of benzene rings is 1. The van der Waals surface area contributed by atoms with Gasteiger partial charge in [0.25, 0.3) is 0 Å². The molecule has 0 aliphatic rings. The van der Waals surface area contributed by atoms with Crippen molar-refractivity contribution in [2.45, 2.75) is 6.54 Å². The molecule has 1 aromatic carbocycles. The average Bonchev–Trinajstić information content (AvgIpc) is 2.84. The van der Waals surface area contributed by atoms with Crippen molar-refractivity contribution in [2.24, 2.45) is 0 Å². The number of carbonyl (C=O) groups excluding carboxylic acids is 1. The minimum Gasteiger partial charge on any atom is -0.478 e. The summed E-state index contributed by atoms with van der Waals surface area (Å²) in [5.41, 5.74) is -0.303. The molecule has 0 fully saturated rings. The number of halogens is 1. The maximum Gasteiger partial charge on any atom is 0.338 e. The Balaban J connectivity index is 2.09. The predicted octanol–water partition coefficient (Wildman–Crippen LogP) is 0.754. The zero-order chi connectivity index (χ0) is 13.8. The first-order chi connectivity index (χ1) is 9.06. The van der Waals surface area contributed by atoms with Crippen molar-refractivity contribution in [1.82, 2.24) is 14.8 Å². The van der Waals surface area contributed by atoms with Crippen LogP contribution < -0.4 is 5.32 Å². The summed E-state index contributed by atoms with van der Waals surface area (Å²) in [4.78, 5) is 26.0. The minimum atomic E-state index is -1.40. The van der Waals surface area contributed by atoms with Gasteiger partial charge in [0.05, 0.1) is 5.56 Å². The summed E-state index contributed by atoms with van der Waals surface area (Å²) in [7, 11) is 0. The lowest BCUT2D eigenvalue weighted by Gasteiger charge is -2.06. The lowest BCUT2D eigenvalue weighted by molar-refractivity contribution is -0.116. The first-order valence-corrected chi connectivity index (χ1v) is 5.21. The highest BCUT2D eigenvalue weighted by atomic mass is 19.1. The van der Waals surface area contributed by atoms with Gasteiger partial charge in [-0.05, 0) is 18.2 Å². The number of nitrogens with zero attached hydrogens (tertiary/aromatic N) is 3. The van der Waals surface area contributed by atoms with Crippen molar-refractivity contribution in [3.8, 4) is 0 Å². The van der Waals surface area contributed by atoms with Crippen LogP contribution in [0.15, 0.2) is 30.9 Å². The number of amides is 1. The van der Waals surface area contributed by atoms with Crippen molar-refractivity contribution < 1.29 is 19.1 Å². The van der Waals surface area contributed by atoms with E-state index >= 15 is 0 Å². The van der Waals surface area contributed by atoms with Gasteiger partial charge in [0.15, 0.2) is 0 Å². The molecule has 0 atom stereocenters. The lowest BCUT2D eigenvalue weighted by Crippen LogP contribution is -2.19. The normalized spacial score (nSPS) is 10.2. The summed E-state index contributed by atoms with van der Waals surface area (Å²) in [6.45, 7) is -0.0697. The quantitative estimate of drug-likeness (QED) is 0.849. The molecule has 2 N–H and O–H groups in total. The summed E-state index contributed by atoms with van der Waals surface area (Å²) >= 11 is 0. The van der Waals surface area contributed by atoms with Gasteiger partial charge in [0.2, 0.25) is 5.91 Å². The van der Waals surface area contributed by atoms with Crippen LogP contribution in [0, 0.1) is 5.82 Å². The fourth-order valence-corrected chi connectivity index (χ4v) is 1.43. The van der Waals surface area contributed by atoms with Crippen molar-refractivity contribution in [1.29, 1.82) is 0 Å². The molecule has 0 aliphatic heterocycles. The average molecular weight is 264 g/mol. The van der Waals surface area contributed by atoms with E-state index in [1.54, 1.807) is 0 Å². The summed E-state index contributed by atoms with van der Waals surface area (Å²) in [5, 5.41) is 15.0. The van der Waals surface area contributed by atoms with Crippen LogP contribution in [-0.2, 0) is 11.3 Å². The maximum absolute atomic E-state index is 13.1. The summed E-state index contributed by atoms with van der Waals surface area (Å²) < 4.78 is 14.4. The van der Waals surface area contributed by atoms with Gasteiger partial charge in [-0.1, -0.05) is 0 Å². The highest BCUT2D eigenvalue weighted by Gasteiger charge is 2.12. The molecule has 0 saturated carbocycles. The first kappa shape index (κ1) is 12.7. The van der Waals surface area contributed by atoms with E-state index in [0.29, 0.717) is 0 Å². The molecule has 1 amide bonds. The summed E-state index contributed by atoms with van der Waals surface area (Å²) in [6, 6.07) is 3.31. The van der Waals surface area contributed by atoms with E-state index in [4.69, 9.17) is 5.11 Å². The van der Waals surface area contributed by atoms with Gasteiger partial charge in [0.1, 0.15) is 25.0 Å². The Morgan fingerprint density at radius 1 is 1.42 bits per heavy atom. The van der Waals surface area contributed by atoms with Crippen LogP contribution in [-0.4, -0.2) is 31.7 Å². The van der Waals surface area contributed by atoms with E-state index < -0.39 is 23.3 Å². The van der Waals surface area contributed by atoms with Gasteiger partial charge in [-0.15, -0.1) is 0 Å². The second-order valence-electron chi connectivity index (χ2n) is 3.64. The third kappa shape index (κ3) is 3.12. The van der Waals surface area contributed by atoms with Crippen molar-refractivity contribution in [2.75, 3.05) is 5.32 Å². The monoisotopic (exact) mass is 264 g/mol. The summed E-state index contributed by atoms with van der Waals surface area (Å²) in [6.07, 6.45) is 2.65. The number of anilines is 1. The molecular weight excluding hydrogens is 255 g/mol. The van der Waals surface area contributed by atoms with E-state index in [2.05, 4.69) is 15.4 Å².